The van der Waals surface area contributed by atoms with Crippen LogP contribution in [-0.4, -0.2) is 10.8 Å². The van der Waals surface area contributed by atoms with Crippen LogP contribution in [0.15, 0.2) is 12.1 Å². The van der Waals surface area contributed by atoms with Crippen molar-refractivity contribution in [2.45, 2.75) is 6.92 Å². The van der Waals surface area contributed by atoms with Crippen molar-refractivity contribution >= 4 is 23.2 Å². The molecule has 0 radical (unpaired) electrons. The molecule has 1 aromatic rings. The molecule has 1 amide bonds. The van der Waals surface area contributed by atoms with E-state index in [4.69, 9.17) is 17.3 Å². The van der Waals surface area contributed by atoms with Crippen molar-refractivity contribution in [2.75, 3.05) is 0 Å². The first-order valence-corrected chi connectivity index (χ1v) is 4.06. The fourth-order valence-corrected chi connectivity index (χ4v) is 1.26. The van der Waals surface area contributed by atoms with E-state index in [1.165, 1.54) is 19.1 Å². The highest BCUT2D eigenvalue weighted by Gasteiger charge is 2.22. The molecule has 0 aliphatic rings. The summed E-state index contributed by atoms with van der Waals surface area (Å²) >= 11 is 5.68. The normalized spacial score (nSPS) is 9.86. The van der Waals surface area contributed by atoms with Gasteiger partial charge in [0.25, 0.3) is 11.6 Å². The molecule has 0 aliphatic carbocycles. The molecule has 14 heavy (non-hydrogen) atoms. The van der Waals surface area contributed by atoms with E-state index in [9.17, 15) is 14.9 Å². The Bertz CT molecular complexity index is 417. The fraction of sp³-hybridized carbons (Fsp3) is 0.125. The van der Waals surface area contributed by atoms with E-state index >= 15 is 0 Å². The van der Waals surface area contributed by atoms with E-state index in [1.807, 2.05) is 0 Å². The molecule has 6 heteroatoms. The first-order chi connectivity index (χ1) is 6.45. The molecule has 0 bridgehead atoms. The van der Waals surface area contributed by atoms with E-state index in [1.54, 1.807) is 0 Å². The van der Waals surface area contributed by atoms with Gasteiger partial charge in [-0.25, -0.2) is 0 Å². The van der Waals surface area contributed by atoms with E-state index in [0.717, 1.165) is 0 Å². The van der Waals surface area contributed by atoms with E-state index in [0.29, 0.717) is 0 Å². The molecule has 0 aliphatic heterocycles. The lowest BCUT2D eigenvalue weighted by atomic mass is 10.1. The Hall–Kier alpha value is -1.62. The summed E-state index contributed by atoms with van der Waals surface area (Å²) in [7, 11) is 0. The van der Waals surface area contributed by atoms with Crippen molar-refractivity contribution in [3.63, 3.8) is 0 Å². The topological polar surface area (TPSA) is 86.2 Å². The van der Waals surface area contributed by atoms with Gasteiger partial charge >= 0.3 is 0 Å². The van der Waals surface area contributed by atoms with Gasteiger partial charge in [0.2, 0.25) is 0 Å². The Morgan fingerprint density at radius 2 is 2.14 bits per heavy atom. The Kier molecular flexibility index (Phi) is 2.71. The third kappa shape index (κ3) is 1.67. The lowest BCUT2D eigenvalue weighted by Crippen LogP contribution is -2.14. The Morgan fingerprint density at radius 1 is 1.57 bits per heavy atom. The van der Waals surface area contributed by atoms with Gasteiger partial charge in [0.15, 0.2) is 0 Å². The summed E-state index contributed by atoms with van der Waals surface area (Å²) in [5, 5.41) is 10.9. The highest BCUT2D eigenvalue weighted by atomic mass is 35.5. The summed E-state index contributed by atoms with van der Waals surface area (Å²) in [6, 6.07) is 2.65. The quantitative estimate of drug-likeness (QED) is 0.600. The monoisotopic (exact) mass is 214 g/mol. The van der Waals surface area contributed by atoms with Crippen LogP contribution in [0.3, 0.4) is 0 Å². The van der Waals surface area contributed by atoms with Crippen molar-refractivity contribution in [1.82, 2.24) is 0 Å². The first-order valence-electron chi connectivity index (χ1n) is 3.68. The summed E-state index contributed by atoms with van der Waals surface area (Å²) in [6.07, 6.45) is 0. The number of rotatable bonds is 2. The molecule has 0 fully saturated rings. The molecule has 0 heterocycles. The number of nitrogens with two attached hydrogens (primary N) is 1. The zero-order valence-corrected chi connectivity index (χ0v) is 8.04. The van der Waals surface area contributed by atoms with Crippen LogP contribution in [0.25, 0.3) is 0 Å². The van der Waals surface area contributed by atoms with Crippen LogP contribution in [0.4, 0.5) is 5.69 Å². The predicted octanol–water partition coefficient (Wildman–Crippen LogP) is 1.66. The van der Waals surface area contributed by atoms with Crippen LogP contribution in [0.2, 0.25) is 5.02 Å². The minimum atomic E-state index is -0.837. The van der Waals surface area contributed by atoms with Crippen molar-refractivity contribution < 1.29 is 9.72 Å². The molecule has 0 aromatic heterocycles. The van der Waals surface area contributed by atoms with Crippen LogP contribution < -0.4 is 5.73 Å². The van der Waals surface area contributed by atoms with E-state index < -0.39 is 10.8 Å². The maximum Gasteiger partial charge on any atom is 0.286 e. The number of nitro benzene ring substituents is 1. The van der Waals surface area contributed by atoms with Crippen LogP contribution in [-0.2, 0) is 0 Å². The number of amides is 1. The zero-order chi connectivity index (χ0) is 10.9. The molecule has 0 unspecified atom stereocenters. The summed E-state index contributed by atoms with van der Waals surface area (Å²) in [4.78, 5) is 20.8. The predicted molar refractivity (Wildman–Crippen MR) is 51.4 cm³/mol. The van der Waals surface area contributed by atoms with Crippen molar-refractivity contribution in [1.29, 1.82) is 0 Å². The Morgan fingerprint density at radius 3 is 2.57 bits per heavy atom. The fourth-order valence-electron chi connectivity index (χ4n) is 1.11. The van der Waals surface area contributed by atoms with Crippen LogP contribution in [0, 0.1) is 17.0 Å². The smallest absolute Gasteiger partial charge is 0.286 e. The summed E-state index contributed by atoms with van der Waals surface area (Å²) < 4.78 is 0. The average molecular weight is 215 g/mol. The molecule has 74 valence electrons. The van der Waals surface area contributed by atoms with Crippen LogP contribution in [0.5, 0.6) is 0 Å². The van der Waals surface area contributed by atoms with Crippen LogP contribution in [0.1, 0.15) is 15.9 Å². The summed E-state index contributed by atoms with van der Waals surface area (Å²) in [6.45, 7) is 1.47. The SMILES string of the molecule is Cc1c(Cl)ccc(C(N)=O)c1[N+](=O)[O-]. The molecule has 2 N–H and O–H groups in total. The number of hydrogen-bond donors (Lipinski definition) is 1. The standard InChI is InChI=1S/C8H7ClN2O3/c1-4-6(9)3-2-5(8(10)12)7(4)11(13)14/h2-3H,1H3,(H2,10,12). The number of halogens is 1. The third-order valence-electron chi connectivity index (χ3n) is 1.81. The van der Waals surface area contributed by atoms with Gasteiger partial charge in [-0.1, -0.05) is 11.6 Å². The van der Waals surface area contributed by atoms with Crippen LogP contribution >= 0.6 is 11.6 Å². The van der Waals surface area contributed by atoms with Gasteiger partial charge in [-0.05, 0) is 19.1 Å². The number of benzene rings is 1. The molecule has 0 atom stereocenters. The van der Waals surface area contributed by atoms with Gasteiger partial charge < -0.3 is 5.73 Å². The second-order valence-electron chi connectivity index (χ2n) is 2.69. The zero-order valence-electron chi connectivity index (χ0n) is 7.28. The average Bonchev–Trinajstić information content (AvgIpc) is 2.08. The number of nitro groups is 1. The lowest BCUT2D eigenvalue weighted by molar-refractivity contribution is -0.385. The number of nitrogens with zero attached hydrogens (tertiary/aromatic N) is 1. The van der Waals surface area contributed by atoms with Gasteiger partial charge in [0.1, 0.15) is 5.56 Å². The maximum absolute atomic E-state index is 10.9. The minimum Gasteiger partial charge on any atom is -0.365 e. The molecule has 1 aromatic carbocycles. The molecule has 1 rings (SSSR count). The third-order valence-corrected chi connectivity index (χ3v) is 2.22. The number of carbonyl (C=O) groups excluding carboxylic acids is 1. The number of hydrogen-bond acceptors (Lipinski definition) is 3. The van der Waals surface area contributed by atoms with Crippen molar-refractivity contribution in [3.8, 4) is 0 Å². The van der Waals surface area contributed by atoms with E-state index in [-0.39, 0.29) is 21.8 Å². The van der Waals surface area contributed by atoms with Gasteiger partial charge in [-0.3, -0.25) is 14.9 Å². The highest BCUT2D eigenvalue weighted by molar-refractivity contribution is 6.31. The molecule has 0 spiro atoms. The Labute approximate surface area is 84.6 Å². The maximum atomic E-state index is 10.9. The minimum absolute atomic E-state index is 0.128. The lowest BCUT2D eigenvalue weighted by Gasteiger charge is -2.03. The van der Waals surface area contributed by atoms with Gasteiger partial charge in [-0.2, -0.15) is 0 Å². The number of carbonyl (C=O) groups is 1. The van der Waals surface area contributed by atoms with E-state index in [2.05, 4.69) is 0 Å². The molecule has 0 saturated carbocycles. The summed E-state index contributed by atoms with van der Waals surface area (Å²) in [5.41, 5.74) is 4.77. The highest BCUT2D eigenvalue weighted by Crippen LogP contribution is 2.28. The second-order valence-corrected chi connectivity index (χ2v) is 3.10. The molecular formula is C8H7ClN2O3. The van der Waals surface area contributed by atoms with Crippen molar-refractivity contribution in [3.05, 3.63) is 38.4 Å². The largest absolute Gasteiger partial charge is 0.365 e. The molecule has 5 nitrogen and oxygen atoms in total. The Balaban J connectivity index is 3.53. The van der Waals surface area contributed by atoms with Crippen molar-refractivity contribution in [2.24, 2.45) is 5.73 Å². The molecule has 0 saturated heterocycles. The first kappa shape index (κ1) is 10.5. The second kappa shape index (κ2) is 3.63. The number of primary amides is 1. The van der Waals surface area contributed by atoms with Gasteiger partial charge in [0, 0.05) is 5.56 Å². The van der Waals surface area contributed by atoms with Gasteiger partial charge in [0.05, 0.1) is 9.95 Å². The van der Waals surface area contributed by atoms with Gasteiger partial charge in [-0.15, -0.1) is 0 Å². The summed E-state index contributed by atoms with van der Waals surface area (Å²) in [5.74, 6) is -0.837. The molecular weight excluding hydrogens is 208 g/mol.